The van der Waals surface area contributed by atoms with Crippen LogP contribution in [0.1, 0.15) is 50.8 Å². The molecular formula is C21H27NO2S. The molecule has 3 rings (SSSR count). The highest BCUT2D eigenvalue weighted by molar-refractivity contribution is 7.91. The molecule has 4 heteroatoms. The van der Waals surface area contributed by atoms with Gasteiger partial charge in [0.1, 0.15) is 0 Å². The molecule has 0 aromatic heterocycles. The fraction of sp³-hybridized carbons (Fsp3) is 0.429. The van der Waals surface area contributed by atoms with E-state index < -0.39 is 15.4 Å². The van der Waals surface area contributed by atoms with Gasteiger partial charge in [-0.15, -0.1) is 0 Å². The zero-order valence-corrected chi connectivity index (χ0v) is 16.0. The van der Waals surface area contributed by atoms with Gasteiger partial charge < -0.3 is 0 Å². The number of benzene rings is 2. The summed E-state index contributed by atoms with van der Waals surface area (Å²) in [5.74, 6) is 0.565. The standard InChI is InChI=1S/C21H27NO2S/c1-4-21(14-16(2)3)15-25(23,24)19-13-9-8-12-18(19)20(22-21)17-10-6-5-7-11-17/h5-13,16,20,22H,4,14-15H2,1-3H3/t20-,21-/m0/s1. The van der Waals surface area contributed by atoms with E-state index in [2.05, 4.69) is 38.2 Å². The fourth-order valence-electron chi connectivity index (χ4n) is 4.03. The van der Waals surface area contributed by atoms with E-state index in [1.807, 2.05) is 36.4 Å². The maximum absolute atomic E-state index is 13.2. The van der Waals surface area contributed by atoms with Crippen LogP contribution in [-0.2, 0) is 9.84 Å². The Labute approximate surface area is 151 Å². The zero-order valence-electron chi connectivity index (χ0n) is 15.2. The van der Waals surface area contributed by atoms with Gasteiger partial charge in [0.25, 0.3) is 0 Å². The summed E-state index contributed by atoms with van der Waals surface area (Å²) in [6.07, 6.45) is 1.61. The first-order valence-corrected chi connectivity index (χ1v) is 10.7. The number of sulfone groups is 1. The number of nitrogens with one attached hydrogen (secondary N) is 1. The molecule has 0 saturated carbocycles. The van der Waals surface area contributed by atoms with Gasteiger partial charge in [-0.05, 0) is 36.0 Å². The first-order chi connectivity index (χ1) is 11.9. The molecular weight excluding hydrogens is 330 g/mol. The van der Waals surface area contributed by atoms with E-state index in [-0.39, 0.29) is 11.8 Å². The molecule has 2 aromatic carbocycles. The Bertz CT molecular complexity index is 830. The molecule has 0 saturated heterocycles. The summed E-state index contributed by atoms with van der Waals surface area (Å²) >= 11 is 0. The highest BCUT2D eigenvalue weighted by Crippen LogP contribution is 2.38. The molecule has 3 nitrogen and oxygen atoms in total. The Morgan fingerprint density at radius 3 is 2.36 bits per heavy atom. The van der Waals surface area contributed by atoms with E-state index in [0.29, 0.717) is 10.8 Å². The van der Waals surface area contributed by atoms with Crippen molar-refractivity contribution in [3.63, 3.8) is 0 Å². The second-order valence-electron chi connectivity index (χ2n) is 7.52. The van der Waals surface area contributed by atoms with Crippen LogP contribution in [0.3, 0.4) is 0 Å². The highest BCUT2D eigenvalue weighted by Gasteiger charge is 2.42. The Morgan fingerprint density at radius 2 is 1.72 bits per heavy atom. The van der Waals surface area contributed by atoms with Gasteiger partial charge in [0.15, 0.2) is 9.84 Å². The molecule has 2 atom stereocenters. The van der Waals surface area contributed by atoms with Gasteiger partial charge in [0.05, 0.1) is 16.7 Å². The lowest BCUT2D eigenvalue weighted by molar-refractivity contribution is 0.269. The minimum absolute atomic E-state index is 0.117. The molecule has 0 bridgehead atoms. The molecule has 1 heterocycles. The maximum Gasteiger partial charge on any atom is 0.180 e. The Morgan fingerprint density at radius 1 is 1.08 bits per heavy atom. The topological polar surface area (TPSA) is 46.2 Å². The highest BCUT2D eigenvalue weighted by atomic mass is 32.2. The van der Waals surface area contributed by atoms with Crippen molar-refractivity contribution in [3.8, 4) is 0 Å². The zero-order chi connectivity index (χ0) is 18.1. The number of rotatable bonds is 4. The van der Waals surface area contributed by atoms with E-state index in [4.69, 9.17) is 0 Å². The second-order valence-corrected chi connectivity index (χ2v) is 9.47. The smallest absolute Gasteiger partial charge is 0.180 e. The number of fused-ring (bicyclic) bond motifs is 1. The molecule has 0 fully saturated rings. The van der Waals surface area contributed by atoms with Gasteiger partial charge in [-0.3, -0.25) is 5.32 Å². The summed E-state index contributed by atoms with van der Waals surface area (Å²) in [5.41, 5.74) is 1.54. The summed E-state index contributed by atoms with van der Waals surface area (Å²) in [6.45, 7) is 6.39. The van der Waals surface area contributed by atoms with Crippen LogP contribution in [0.15, 0.2) is 59.5 Å². The summed E-state index contributed by atoms with van der Waals surface area (Å²) in [7, 11) is -3.35. The number of hydrogen-bond donors (Lipinski definition) is 1. The SMILES string of the molecule is CC[C@]1(CC(C)C)CS(=O)(=O)c2ccccc2[C@H](c2ccccc2)N1. The molecule has 25 heavy (non-hydrogen) atoms. The molecule has 0 spiro atoms. The third kappa shape index (κ3) is 3.65. The van der Waals surface area contributed by atoms with E-state index in [1.54, 1.807) is 6.07 Å². The second kappa shape index (κ2) is 6.93. The minimum Gasteiger partial charge on any atom is -0.300 e. The van der Waals surface area contributed by atoms with Crippen molar-refractivity contribution >= 4 is 9.84 Å². The van der Waals surface area contributed by atoms with Crippen LogP contribution in [0.4, 0.5) is 0 Å². The molecule has 1 aliphatic rings. The summed E-state index contributed by atoms with van der Waals surface area (Å²) < 4.78 is 26.4. The summed E-state index contributed by atoms with van der Waals surface area (Å²) in [4.78, 5) is 0.468. The molecule has 0 unspecified atom stereocenters. The van der Waals surface area contributed by atoms with E-state index in [0.717, 1.165) is 24.0 Å². The fourth-order valence-corrected chi connectivity index (χ4v) is 6.14. The van der Waals surface area contributed by atoms with Crippen LogP contribution >= 0.6 is 0 Å². The van der Waals surface area contributed by atoms with Crippen molar-refractivity contribution in [1.29, 1.82) is 0 Å². The van der Waals surface area contributed by atoms with Crippen molar-refractivity contribution in [2.24, 2.45) is 5.92 Å². The lowest BCUT2D eigenvalue weighted by atomic mass is 9.85. The van der Waals surface area contributed by atoms with Gasteiger partial charge in [0, 0.05) is 5.54 Å². The van der Waals surface area contributed by atoms with Gasteiger partial charge in [-0.2, -0.15) is 0 Å². The third-order valence-corrected chi connectivity index (χ3v) is 7.07. The summed E-state index contributed by atoms with van der Waals surface area (Å²) in [5, 5.41) is 3.76. The predicted molar refractivity (Wildman–Crippen MR) is 102 cm³/mol. The molecule has 0 radical (unpaired) electrons. The van der Waals surface area contributed by atoms with E-state index in [1.165, 1.54) is 0 Å². The van der Waals surface area contributed by atoms with Crippen molar-refractivity contribution in [2.45, 2.75) is 50.1 Å². The Hall–Kier alpha value is -1.65. The van der Waals surface area contributed by atoms with Crippen LogP contribution in [0, 0.1) is 5.92 Å². The third-order valence-electron chi connectivity index (χ3n) is 5.09. The van der Waals surface area contributed by atoms with Crippen molar-refractivity contribution in [2.75, 3.05) is 5.75 Å². The van der Waals surface area contributed by atoms with Crippen LogP contribution in [0.5, 0.6) is 0 Å². The molecule has 1 aliphatic heterocycles. The molecule has 134 valence electrons. The van der Waals surface area contributed by atoms with Crippen LogP contribution in [0.2, 0.25) is 0 Å². The predicted octanol–water partition coefficient (Wildman–Crippen LogP) is 4.35. The van der Waals surface area contributed by atoms with Crippen LogP contribution < -0.4 is 5.32 Å². The average molecular weight is 358 g/mol. The van der Waals surface area contributed by atoms with Crippen LogP contribution in [0.25, 0.3) is 0 Å². The minimum atomic E-state index is -3.35. The molecule has 1 N–H and O–H groups in total. The molecule has 0 amide bonds. The van der Waals surface area contributed by atoms with Gasteiger partial charge in [0.2, 0.25) is 0 Å². The van der Waals surface area contributed by atoms with Gasteiger partial charge >= 0.3 is 0 Å². The van der Waals surface area contributed by atoms with Crippen molar-refractivity contribution in [3.05, 3.63) is 65.7 Å². The van der Waals surface area contributed by atoms with Crippen molar-refractivity contribution in [1.82, 2.24) is 5.32 Å². The van der Waals surface area contributed by atoms with Crippen LogP contribution in [-0.4, -0.2) is 19.7 Å². The van der Waals surface area contributed by atoms with E-state index in [9.17, 15) is 8.42 Å². The summed E-state index contributed by atoms with van der Waals surface area (Å²) in [6, 6.07) is 17.5. The van der Waals surface area contributed by atoms with Gasteiger partial charge in [-0.1, -0.05) is 69.3 Å². The lowest BCUT2D eigenvalue weighted by Crippen LogP contribution is -2.51. The maximum atomic E-state index is 13.2. The first-order valence-electron chi connectivity index (χ1n) is 9.01. The van der Waals surface area contributed by atoms with E-state index >= 15 is 0 Å². The van der Waals surface area contributed by atoms with Crippen molar-refractivity contribution < 1.29 is 8.42 Å². The van der Waals surface area contributed by atoms with Gasteiger partial charge in [-0.25, -0.2) is 8.42 Å². The normalized spacial score (nSPS) is 25.4. The lowest BCUT2D eigenvalue weighted by Gasteiger charge is -2.37. The quantitative estimate of drug-likeness (QED) is 0.885. The first kappa shape index (κ1) is 18.2. The molecule has 0 aliphatic carbocycles. The number of hydrogen-bond acceptors (Lipinski definition) is 3. The molecule has 2 aromatic rings. The Kier molecular flexibility index (Phi) is 5.03. The largest absolute Gasteiger partial charge is 0.300 e. The Balaban J connectivity index is 2.21. The monoisotopic (exact) mass is 357 g/mol. The average Bonchev–Trinajstić information content (AvgIpc) is 2.68.